The largest absolute Gasteiger partial charge is 0.419 e. The summed E-state index contributed by atoms with van der Waals surface area (Å²) in [7, 11) is 0. The molecule has 0 saturated carbocycles. The third-order valence-corrected chi connectivity index (χ3v) is 4.83. The zero-order valence-corrected chi connectivity index (χ0v) is 15.1. The van der Waals surface area contributed by atoms with Crippen LogP contribution in [-0.2, 0) is 0 Å². The highest BCUT2D eigenvalue weighted by Gasteiger charge is 2.20. The van der Waals surface area contributed by atoms with Gasteiger partial charge in [0.05, 0.1) is 10.9 Å². The number of aryl methyl sites for hydroxylation is 1. The van der Waals surface area contributed by atoms with Crippen LogP contribution in [0.25, 0.3) is 17.1 Å². The van der Waals surface area contributed by atoms with Crippen LogP contribution < -0.4 is 0 Å². The van der Waals surface area contributed by atoms with Gasteiger partial charge in [0.15, 0.2) is 0 Å². The van der Waals surface area contributed by atoms with E-state index in [-0.39, 0.29) is 5.25 Å². The van der Waals surface area contributed by atoms with E-state index < -0.39 is 0 Å². The van der Waals surface area contributed by atoms with Crippen LogP contribution in [0.3, 0.4) is 0 Å². The maximum Gasteiger partial charge on any atom is 0.247 e. The molecule has 0 N–H and O–H groups in total. The SMILES string of the molecule is Cc1ccc(-c2nnc(C(C)Sc3nnnn3-c3ccccc3)o2)cc1. The molecule has 2 heterocycles. The molecule has 0 saturated heterocycles. The number of tetrazole rings is 1. The second-order valence-corrected chi connectivity index (χ2v) is 7.09. The highest BCUT2D eigenvalue weighted by molar-refractivity contribution is 7.99. The topological polar surface area (TPSA) is 82.5 Å². The van der Waals surface area contributed by atoms with Crippen molar-refractivity contribution < 1.29 is 4.42 Å². The third kappa shape index (κ3) is 3.36. The van der Waals surface area contributed by atoms with Crippen LogP contribution in [0.5, 0.6) is 0 Å². The Morgan fingerprint density at radius 1 is 0.962 bits per heavy atom. The third-order valence-electron chi connectivity index (χ3n) is 3.81. The summed E-state index contributed by atoms with van der Waals surface area (Å²) in [4.78, 5) is 0. The summed E-state index contributed by atoms with van der Waals surface area (Å²) in [5, 5.41) is 20.9. The van der Waals surface area contributed by atoms with Crippen LogP contribution in [0.4, 0.5) is 0 Å². The summed E-state index contributed by atoms with van der Waals surface area (Å²) in [6.07, 6.45) is 0. The van der Waals surface area contributed by atoms with Crippen molar-refractivity contribution in [3.63, 3.8) is 0 Å². The summed E-state index contributed by atoms with van der Waals surface area (Å²) < 4.78 is 7.54. The lowest BCUT2D eigenvalue weighted by Crippen LogP contribution is -2.00. The minimum Gasteiger partial charge on any atom is -0.419 e. The zero-order chi connectivity index (χ0) is 17.9. The van der Waals surface area contributed by atoms with Gasteiger partial charge in [-0.3, -0.25) is 0 Å². The zero-order valence-electron chi connectivity index (χ0n) is 14.3. The van der Waals surface area contributed by atoms with E-state index in [2.05, 4.69) is 25.7 Å². The predicted octanol–water partition coefficient (Wildman–Crippen LogP) is 3.87. The molecule has 4 aromatic rings. The fourth-order valence-corrected chi connectivity index (χ4v) is 3.24. The first-order valence-electron chi connectivity index (χ1n) is 8.11. The van der Waals surface area contributed by atoms with E-state index in [1.54, 1.807) is 4.68 Å². The van der Waals surface area contributed by atoms with Gasteiger partial charge in [0, 0.05) is 5.56 Å². The van der Waals surface area contributed by atoms with E-state index in [4.69, 9.17) is 4.42 Å². The Morgan fingerprint density at radius 3 is 2.50 bits per heavy atom. The monoisotopic (exact) mass is 364 g/mol. The van der Waals surface area contributed by atoms with Crippen molar-refractivity contribution in [1.29, 1.82) is 0 Å². The minimum atomic E-state index is -0.0878. The molecule has 0 amide bonds. The number of aromatic nitrogens is 6. The van der Waals surface area contributed by atoms with Crippen LogP contribution in [0.2, 0.25) is 0 Å². The van der Waals surface area contributed by atoms with Crippen molar-refractivity contribution in [2.45, 2.75) is 24.3 Å². The molecule has 130 valence electrons. The lowest BCUT2D eigenvalue weighted by atomic mass is 10.1. The first-order valence-corrected chi connectivity index (χ1v) is 8.99. The number of nitrogens with zero attached hydrogens (tertiary/aromatic N) is 6. The van der Waals surface area contributed by atoms with Gasteiger partial charge in [0.2, 0.25) is 16.9 Å². The molecule has 4 rings (SSSR count). The van der Waals surface area contributed by atoms with Crippen molar-refractivity contribution in [2.24, 2.45) is 0 Å². The fourth-order valence-electron chi connectivity index (χ4n) is 2.40. The molecule has 0 radical (unpaired) electrons. The second-order valence-electron chi connectivity index (χ2n) is 5.78. The first kappa shape index (κ1) is 16.5. The van der Waals surface area contributed by atoms with Crippen LogP contribution in [-0.4, -0.2) is 30.4 Å². The van der Waals surface area contributed by atoms with Crippen LogP contribution in [0.1, 0.15) is 23.6 Å². The van der Waals surface area contributed by atoms with E-state index in [1.807, 2.05) is 68.4 Å². The molecule has 0 spiro atoms. The van der Waals surface area contributed by atoms with Crippen molar-refractivity contribution in [2.75, 3.05) is 0 Å². The van der Waals surface area contributed by atoms with E-state index in [0.29, 0.717) is 16.9 Å². The predicted molar refractivity (Wildman–Crippen MR) is 97.9 cm³/mol. The highest BCUT2D eigenvalue weighted by atomic mass is 32.2. The van der Waals surface area contributed by atoms with Crippen molar-refractivity contribution in [3.8, 4) is 17.1 Å². The Morgan fingerprint density at radius 2 is 1.73 bits per heavy atom. The Hall–Kier alpha value is -3.00. The van der Waals surface area contributed by atoms with Gasteiger partial charge < -0.3 is 4.42 Å². The molecule has 2 aromatic carbocycles. The quantitative estimate of drug-likeness (QED) is 0.497. The number of rotatable bonds is 5. The number of hydrogen-bond acceptors (Lipinski definition) is 7. The first-order chi connectivity index (χ1) is 12.7. The summed E-state index contributed by atoms with van der Waals surface area (Å²) in [5.74, 6) is 1.04. The van der Waals surface area contributed by atoms with Crippen LogP contribution in [0.15, 0.2) is 64.2 Å². The summed E-state index contributed by atoms with van der Waals surface area (Å²) >= 11 is 1.47. The Kier molecular flexibility index (Phi) is 4.49. The van der Waals surface area contributed by atoms with E-state index in [9.17, 15) is 0 Å². The molecule has 7 nitrogen and oxygen atoms in total. The Labute approximate surface area is 154 Å². The second kappa shape index (κ2) is 7.09. The van der Waals surface area contributed by atoms with Crippen LogP contribution >= 0.6 is 11.8 Å². The van der Waals surface area contributed by atoms with Gasteiger partial charge in [-0.15, -0.1) is 15.3 Å². The summed E-state index contributed by atoms with van der Waals surface area (Å²) in [5.41, 5.74) is 2.99. The van der Waals surface area contributed by atoms with Gasteiger partial charge in [-0.2, -0.15) is 4.68 Å². The van der Waals surface area contributed by atoms with Crippen molar-refractivity contribution in [3.05, 3.63) is 66.1 Å². The van der Waals surface area contributed by atoms with Crippen LogP contribution in [0, 0.1) is 6.92 Å². The van der Waals surface area contributed by atoms with Gasteiger partial charge in [-0.05, 0) is 48.5 Å². The van der Waals surface area contributed by atoms with Gasteiger partial charge in [0.1, 0.15) is 0 Å². The lowest BCUT2D eigenvalue weighted by Gasteiger charge is -2.07. The number of benzene rings is 2. The molecule has 0 aliphatic carbocycles. The molecule has 2 aromatic heterocycles. The van der Waals surface area contributed by atoms with Gasteiger partial charge >= 0.3 is 0 Å². The van der Waals surface area contributed by atoms with E-state index in [0.717, 1.165) is 11.3 Å². The van der Waals surface area contributed by atoms with Crippen molar-refractivity contribution >= 4 is 11.8 Å². The molecule has 0 aliphatic heterocycles. The molecule has 8 heteroatoms. The highest BCUT2D eigenvalue weighted by Crippen LogP contribution is 2.34. The van der Waals surface area contributed by atoms with Crippen molar-refractivity contribution in [1.82, 2.24) is 30.4 Å². The average Bonchev–Trinajstić information content (AvgIpc) is 3.33. The lowest BCUT2D eigenvalue weighted by molar-refractivity contribution is 0.508. The maximum atomic E-state index is 5.84. The smallest absolute Gasteiger partial charge is 0.247 e. The standard InChI is InChI=1S/C18H16N6OS/c1-12-8-10-14(11-9-12)17-20-19-16(25-17)13(2)26-18-21-22-23-24(18)15-6-4-3-5-7-15/h3-11,13H,1-2H3. The minimum absolute atomic E-state index is 0.0878. The fraction of sp³-hybridized carbons (Fsp3) is 0.167. The summed E-state index contributed by atoms with van der Waals surface area (Å²) in [6, 6.07) is 17.7. The molecule has 0 aliphatic rings. The molecular formula is C18H16N6OS. The molecule has 1 unspecified atom stereocenters. The molecule has 0 bridgehead atoms. The number of para-hydroxylation sites is 1. The van der Waals surface area contributed by atoms with E-state index in [1.165, 1.54) is 17.3 Å². The summed E-state index contributed by atoms with van der Waals surface area (Å²) in [6.45, 7) is 4.03. The molecule has 0 fully saturated rings. The maximum absolute atomic E-state index is 5.84. The van der Waals surface area contributed by atoms with Gasteiger partial charge in [-0.1, -0.05) is 47.7 Å². The van der Waals surface area contributed by atoms with Gasteiger partial charge in [0.25, 0.3) is 0 Å². The molecule has 26 heavy (non-hydrogen) atoms. The number of hydrogen-bond donors (Lipinski definition) is 0. The van der Waals surface area contributed by atoms with E-state index >= 15 is 0 Å². The number of thioether (sulfide) groups is 1. The Balaban J connectivity index is 1.54. The normalized spacial score (nSPS) is 12.2. The van der Waals surface area contributed by atoms with Gasteiger partial charge in [-0.25, -0.2) is 0 Å². The molecular weight excluding hydrogens is 348 g/mol. The Bertz CT molecular complexity index is 996. The average molecular weight is 364 g/mol. The molecule has 1 atom stereocenters.